The van der Waals surface area contributed by atoms with E-state index in [0.29, 0.717) is 5.00 Å². The van der Waals surface area contributed by atoms with Crippen LogP contribution in [0.4, 0.5) is 5.00 Å². The molecule has 1 aromatic heterocycles. The number of ether oxygens (including phenoxy) is 1. The van der Waals surface area contributed by atoms with E-state index in [4.69, 9.17) is 10.5 Å². The zero-order chi connectivity index (χ0) is 13.7. The van der Waals surface area contributed by atoms with Crippen molar-refractivity contribution in [2.45, 2.75) is 26.8 Å². The standard InChI is InChI=1S/C11H17N3O3S/c1-4-17-11(16)8-10(18-5-13-8)14-7(6(2)3)9(12)15/h5-7,14H,4H2,1-3H3,(H2,12,15). The van der Waals surface area contributed by atoms with Gasteiger partial charge in [-0.05, 0) is 12.8 Å². The molecule has 1 atom stereocenters. The van der Waals surface area contributed by atoms with Crippen LogP contribution in [0, 0.1) is 5.92 Å². The Bertz CT molecular complexity index is 431. The molecule has 0 aromatic carbocycles. The van der Waals surface area contributed by atoms with Gasteiger partial charge in [-0.1, -0.05) is 13.8 Å². The van der Waals surface area contributed by atoms with Crippen molar-refractivity contribution in [3.8, 4) is 0 Å². The Morgan fingerprint density at radius 1 is 1.56 bits per heavy atom. The minimum atomic E-state index is -0.543. The Kier molecular flexibility index (Phi) is 5.08. The first-order valence-electron chi connectivity index (χ1n) is 5.63. The first-order chi connectivity index (χ1) is 8.47. The first kappa shape index (κ1) is 14.4. The van der Waals surface area contributed by atoms with Crippen molar-refractivity contribution in [3.63, 3.8) is 0 Å². The number of anilines is 1. The molecule has 3 N–H and O–H groups in total. The lowest BCUT2D eigenvalue weighted by atomic mass is 10.0. The molecule has 0 radical (unpaired) electrons. The van der Waals surface area contributed by atoms with Gasteiger partial charge >= 0.3 is 5.97 Å². The predicted octanol–water partition coefficient (Wildman–Crippen LogP) is 1.24. The van der Waals surface area contributed by atoms with E-state index in [-0.39, 0.29) is 18.2 Å². The summed E-state index contributed by atoms with van der Waals surface area (Å²) >= 11 is 1.24. The van der Waals surface area contributed by atoms with Crippen LogP contribution in [-0.4, -0.2) is 29.5 Å². The fourth-order valence-electron chi connectivity index (χ4n) is 1.40. The summed E-state index contributed by atoms with van der Waals surface area (Å²) in [5, 5.41) is 3.45. The normalized spacial score (nSPS) is 12.2. The van der Waals surface area contributed by atoms with E-state index in [0.717, 1.165) is 0 Å². The minimum absolute atomic E-state index is 0.0136. The molecule has 7 heteroatoms. The zero-order valence-corrected chi connectivity index (χ0v) is 11.4. The number of nitrogens with two attached hydrogens (primary N) is 1. The molecule has 6 nitrogen and oxygen atoms in total. The first-order valence-corrected chi connectivity index (χ1v) is 6.51. The zero-order valence-electron chi connectivity index (χ0n) is 10.6. The molecule has 0 saturated carbocycles. The Hall–Kier alpha value is -1.63. The molecule has 0 bridgehead atoms. The number of amides is 1. The maximum Gasteiger partial charge on any atom is 0.360 e. The van der Waals surface area contributed by atoms with E-state index in [1.807, 2.05) is 13.8 Å². The number of nitrogens with zero attached hydrogens (tertiary/aromatic N) is 1. The van der Waals surface area contributed by atoms with Crippen LogP contribution in [0.3, 0.4) is 0 Å². The Morgan fingerprint density at radius 3 is 2.72 bits per heavy atom. The van der Waals surface area contributed by atoms with Gasteiger partial charge in [0.2, 0.25) is 5.91 Å². The average Bonchev–Trinajstić information content (AvgIpc) is 2.73. The van der Waals surface area contributed by atoms with Crippen LogP contribution in [0.2, 0.25) is 0 Å². The number of hydrogen-bond acceptors (Lipinski definition) is 6. The van der Waals surface area contributed by atoms with Crippen LogP contribution in [0.25, 0.3) is 0 Å². The van der Waals surface area contributed by atoms with E-state index < -0.39 is 17.9 Å². The summed E-state index contributed by atoms with van der Waals surface area (Å²) in [5.41, 5.74) is 7.02. The van der Waals surface area contributed by atoms with Gasteiger partial charge in [0.1, 0.15) is 11.0 Å². The molecular weight excluding hydrogens is 254 g/mol. The molecule has 100 valence electrons. The summed E-state index contributed by atoms with van der Waals surface area (Å²) in [6.45, 7) is 5.73. The van der Waals surface area contributed by atoms with Gasteiger partial charge in [0.25, 0.3) is 0 Å². The third-order valence-corrected chi connectivity index (χ3v) is 3.05. The number of carbonyl (C=O) groups is 2. The molecule has 1 unspecified atom stereocenters. The highest BCUT2D eigenvalue weighted by Crippen LogP contribution is 2.23. The lowest BCUT2D eigenvalue weighted by Gasteiger charge is -2.19. The summed E-state index contributed by atoms with van der Waals surface area (Å²) in [6.07, 6.45) is 0. The van der Waals surface area contributed by atoms with Gasteiger partial charge < -0.3 is 15.8 Å². The largest absolute Gasteiger partial charge is 0.461 e. The van der Waals surface area contributed by atoms with Crippen molar-refractivity contribution >= 4 is 28.2 Å². The summed E-state index contributed by atoms with van der Waals surface area (Å²) in [5.74, 6) is -0.957. The molecule has 1 aromatic rings. The van der Waals surface area contributed by atoms with E-state index in [1.54, 1.807) is 6.92 Å². The van der Waals surface area contributed by atoms with Gasteiger partial charge in [0.05, 0.1) is 12.1 Å². The number of aromatic nitrogens is 1. The summed E-state index contributed by atoms with van der Waals surface area (Å²) in [6, 6.07) is -0.543. The second kappa shape index (κ2) is 6.34. The Labute approximate surface area is 110 Å². The number of carbonyl (C=O) groups excluding carboxylic acids is 2. The van der Waals surface area contributed by atoms with Crippen molar-refractivity contribution in [1.82, 2.24) is 4.98 Å². The Balaban J connectivity index is 2.87. The highest BCUT2D eigenvalue weighted by Gasteiger charge is 2.23. The van der Waals surface area contributed by atoms with Gasteiger partial charge in [0.15, 0.2) is 5.69 Å². The molecule has 0 spiro atoms. The van der Waals surface area contributed by atoms with Gasteiger partial charge in [-0.25, -0.2) is 9.78 Å². The topological polar surface area (TPSA) is 94.3 Å². The monoisotopic (exact) mass is 271 g/mol. The molecule has 1 rings (SSSR count). The molecule has 0 saturated heterocycles. The molecule has 1 heterocycles. The van der Waals surface area contributed by atoms with Crippen molar-refractivity contribution in [1.29, 1.82) is 0 Å². The van der Waals surface area contributed by atoms with Crippen molar-refractivity contribution in [2.24, 2.45) is 11.7 Å². The van der Waals surface area contributed by atoms with Crippen LogP contribution in [0.1, 0.15) is 31.3 Å². The van der Waals surface area contributed by atoms with Crippen LogP contribution < -0.4 is 11.1 Å². The van der Waals surface area contributed by atoms with Gasteiger partial charge in [-0.15, -0.1) is 11.3 Å². The molecule has 0 aliphatic rings. The highest BCUT2D eigenvalue weighted by atomic mass is 32.1. The third-order valence-electron chi connectivity index (χ3n) is 2.30. The Morgan fingerprint density at radius 2 is 2.22 bits per heavy atom. The number of esters is 1. The average molecular weight is 271 g/mol. The number of hydrogen-bond donors (Lipinski definition) is 2. The summed E-state index contributed by atoms with van der Waals surface area (Å²) in [4.78, 5) is 26.9. The minimum Gasteiger partial charge on any atom is -0.461 e. The maximum atomic E-state index is 11.6. The van der Waals surface area contributed by atoms with E-state index in [9.17, 15) is 9.59 Å². The van der Waals surface area contributed by atoms with Crippen molar-refractivity contribution < 1.29 is 14.3 Å². The predicted molar refractivity (Wildman–Crippen MR) is 69.5 cm³/mol. The van der Waals surface area contributed by atoms with E-state index >= 15 is 0 Å². The SMILES string of the molecule is CCOC(=O)c1ncsc1NC(C(N)=O)C(C)C. The molecular formula is C11H17N3O3S. The van der Waals surface area contributed by atoms with Crippen molar-refractivity contribution in [3.05, 3.63) is 11.2 Å². The number of nitrogens with one attached hydrogen (secondary N) is 1. The molecule has 0 aliphatic carbocycles. The lowest BCUT2D eigenvalue weighted by Crippen LogP contribution is -2.39. The van der Waals surface area contributed by atoms with E-state index in [2.05, 4.69) is 10.3 Å². The van der Waals surface area contributed by atoms with Crippen LogP contribution >= 0.6 is 11.3 Å². The third kappa shape index (κ3) is 3.43. The second-order valence-corrected chi connectivity index (χ2v) is 4.87. The van der Waals surface area contributed by atoms with Gasteiger partial charge in [-0.3, -0.25) is 4.79 Å². The quantitative estimate of drug-likeness (QED) is 0.759. The smallest absolute Gasteiger partial charge is 0.360 e. The summed E-state index contributed by atoms with van der Waals surface area (Å²) < 4.78 is 4.88. The number of primary amides is 1. The van der Waals surface area contributed by atoms with Crippen LogP contribution in [-0.2, 0) is 9.53 Å². The molecule has 0 fully saturated rings. The van der Waals surface area contributed by atoms with Crippen LogP contribution in [0.15, 0.2) is 5.51 Å². The van der Waals surface area contributed by atoms with Crippen LogP contribution in [0.5, 0.6) is 0 Å². The number of thiazole rings is 1. The van der Waals surface area contributed by atoms with Gasteiger partial charge in [0, 0.05) is 0 Å². The van der Waals surface area contributed by atoms with Crippen molar-refractivity contribution in [2.75, 3.05) is 11.9 Å². The molecule has 18 heavy (non-hydrogen) atoms. The second-order valence-electron chi connectivity index (χ2n) is 4.02. The van der Waals surface area contributed by atoms with Gasteiger partial charge in [-0.2, -0.15) is 0 Å². The molecule has 0 aliphatic heterocycles. The summed E-state index contributed by atoms with van der Waals surface area (Å²) in [7, 11) is 0. The molecule has 1 amide bonds. The van der Waals surface area contributed by atoms with E-state index in [1.165, 1.54) is 16.8 Å². The highest BCUT2D eigenvalue weighted by molar-refractivity contribution is 7.14. The lowest BCUT2D eigenvalue weighted by molar-refractivity contribution is -0.119. The number of rotatable bonds is 6. The fourth-order valence-corrected chi connectivity index (χ4v) is 2.11. The fraction of sp³-hybridized carbons (Fsp3) is 0.545. The maximum absolute atomic E-state index is 11.6.